The molecule has 0 aliphatic carbocycles. The molecule has 0 N–H and O–H groups in total. The zero-order valence-electron chi connectivity index (χ0n) is 7.73. The Morgan fingerprint density at radius 1 is 1.38 bits per heavy atom. The molecule has 0 fully saturated rings. The Morgan fingerprint density at radius 2 is 2.15 bits per heavy atom. The van der Waals surface area contributed by atoms with E-state index in [0.717, 1.165) is 16.7 Å². The molecule has 0 unspecified atom stereocenters. The predicted octanol–water partition coefficient (Wildman–Crippen LogP) is 4.07. The van der Waals surface area contributed by atoms with E-state index in [4.69, 9.17) is 4.42 Å². The van der Waals surface area contributed by atoms with E-state index < -0.39 is 0 Å². The van der Waals surface area contributed by atoms with Crippen LogP contribution in [0.2, 0.25) is 0 Å². The third-order valence-corrected chi connectivity index (χ3v) is 2.89. The summed E-state index contributed by atoms with van der Waals surface area (Å²) in [5.74, 6) is 0. The van der Waals surface area contributed by atoms with Gasteiger partial charge in [-0.25, -0.2) is 0 Å². The van der Waals surface area contributed by atoms with Crippen molar-refractivity contribution in [1.82, 2.24) is 0 Å². The molecule has 2 rings (SSSR count). The van der Waals surface area contributed by atoms with Crippen LogP contribution in [0.5, 0.6) is 0 Å². The van der Waals surface area contributed by atoms with Gasteiger partial charge in [0.15, 0.2) is 4.67 Å². The molecule has 0 saturated heterocycles. The van der Waals surface area contributed by atoms with Crippen molar-refractivity contribution in [1.29, 1.82) is 0 Å². The van der Waals surface area contributed by atoms with Crippen LogP contribution in [0.1, 0.15) is 18.1 Å². The highest BCUT2D eigenvalue weighted by Gasteiger charge is 2.09. The molecule has 1 aromatic carbocycles. The number of benzene rings is 1. The van der Waals surface area contributed by atoms with Gasteiger partial charge in [0.25, 0.3) is 0 Å². The zero-order valence-corrected chi connectivity index (χ0v) is 9.31. The summed E-state index contributed by atoms with van der Waals surface area (Å²) in [6.07, 6.45) is 0.997. The minimum Gasteiger partial charge on any atom is -0.449 e. The minimum atomic E-state index is 0.871. The molecule has 0 saturated carbocycles. The molecule has 1 nitrogen and oxygen atoms in total. The van der Waals surface area contributed by atoms with Gasteiger partial charge in [0.2, 0.25) is 0 Å². The molecular formula is C11H11BrO. The van der Waals surface area contributed by atoms with E-state index >= 15 is 0 Å². The monoisotopic (exact) mass is 238 g/mol. The van der Waals surface area contributed by atoms with Crippen molar-refractivity contribution >= 4 is 26.9 Å². The molecule has 13 heavy (non-hydrogen) atoms. The fraction of sp³-hybridized carbons (Fsp3) is 0.273. The standard InChI is InChI=1S/C11H11BrO/c1-3-8-9-6-7(2)4-5-10(9)13-11(8)12/h4-6H,3H2,1-2H3. The maximum atomic E-state index is 5.56. The number of aryl methyl sites for hydroxylation is 2. The first kappa shape index (κ1) is 8.82. The second-order valence-corrected chi connectivity index (χ2v) is 3.93. The molecule has 0 atom stereocenters. The lowest BCUT2D eigenvalue weighted by Gasteiger charge is -1.93. The molecule has 0 aliphatic heterocycles. The molecule has 0 radical (unpaired) electrons. The van der Waals surface area contributed by atoms with Crippen LogP contribution in [0.3, 0.4) is 0 Å². The zero-order chi connectivity index (χ0) is 9.42. The lowest BCUT2D eigenvalue weighted by atomic mass is 10.1. The highest BCUT2D eigenvalue weighted by atomic mass is 79.9. The van der Waals surface area contributed by atoms with Gasteiger partial charge >= 0.3 is 0 Å². The molecule has 1 aromatic heterocycles. The third-order valence-electron chi connectivity index (χ3n) is 2.25. The summed E-state index contributed by atoms with van der Waals surface area (Å²) in [6, 6.07) is 6.26. The largest absolute Gasteiger partial charge is 0.449 e. The molecule has 0 amide bonds. The van der Waals surface area contributed by atoms with E-state index in [9.17, 15) is 0 Å². The minimum absolute atomic E-state index is 0.871. The molecule has 0 spiro atoms. The normalized spacial score (nSPS) is 11.0. The van der Waals surface area contributed by atoms with E-state index in [1.807, 2.05) is 6.07 Å². The van der Waals surface area contributed by atoms with Crippen molar-refractivity contribution in [2.75, 3.05) is 0 Å². The Morgan fingerprint density at radius 3 is 2.85 bits per heavy atom. The molecule has 1 heterocycles. The number of furan rings is 1. The number of hydrogen-bond acceptors (Lipinski definition) is 1. The van der Waals surface area contributed by atoms with Gasteiger partial charge in [-0.3, -0.25) is 0 Å². The molecule has 2 heteroatoms. The van der Waals surface area contributed by atoms with E-state index in [2.05, 4.69) is 41.9 Å². The first-order chi connectivity index (χ1) is 6.22. The summed E-state index contributed by atoms with van der Waals surface area (Å²) in [5.41, 5.74) is 3.50. The van der Waals surface area contributed by atoms with Crippen LogP contribution < -0.4 is 0 Å². The maximum Gasteiger partial charge on any atom is 0.173 e. The second kappa shape index (κ2) is 3.18. The Hall–Kier alpha value is -0.760. The summed E-state index contributed by atoms with van der Waals surface area (Å²) in [7, 11) is 0. The fourth-order valence-corrected chi connectivity index (χ4v) is 2.23. The van der Waals surface area contributed by atoms with Gasteiger partial charge in [-0.15, -0.1) is 0 Å². The fourth-order valence-electron chi connectivity index (χ4n) is 1.56. The molecule has 0 aliphatic rings. The van der Waals surface area contributed by atoms with Crippen molar-refractivity contribution < 1.29 is 4.42 Å². The molecule has 0 bridgehead atoms. The molecular weight excluding hydrogens is 228 g/mol. The van der Waals surface area contributed by atoms with Crippen LogP contribution in [0.25, 0.3) is 11.0 Å². The van der Waals surface area contributed by atoms with Crippen LogP contribution in [0.15, 0.2) is 27.3 Å². The van der Waals surface area contributed by atoms with Crippen molar-refractivity contribution in [2.24, 2.45) is 0 Å². The van der Waals surface area contributed by atoms with Gasteiger partial charge in [0.1, 0.15) is 5.58 Å². The number of halogens is 1. The van der Waals surface area contributed by atoms with Gasteiger partial charge in [-0.1, -0.05) is 18.6 Å². The highest BCUT2D eigenvalue weighted by molar-refractivity contribution is 9.10. The SMILES string of the molecule is CCc1c(Br)oc2ccc(C)cc12. The second-order valence-electron chi connectivity index (χ2n) is 3.21. The van der Waals surface area contributed by atoms with Crippen LogP contribution in [0, 0.1) is 6.92 Å². The average molecular weight is 239 g/mol. The van der Waals surface area contributed by atoms with Crippen LogP contribution in [-0.2, 0) is 6.42 Å². The van der Waals surface area contributed by atoms with Crippen molar-refractivity contribution in [3.63, 3.8) is 0 Å². The summed E-state index contributed by atoms with van der Waals surface area (Å²) in [4.78, 5) is 0. The first-order valence-corrected chi connectivity index (χ1v) is 5.19. The van der Waals surface area contributed by atoms with Crippen LogP contribution in [0.4, 0.5) is 0 Å². The third kappa shape index (κ3) is 1.39. The van der Waals surface area contributed by atoms with Crippen molar-refractivity contribution in [3.05, 3.63) is 34.0 Å². The van der Waals surface area contributed by atoms with Gasteiger partial charge < -0.3 is 4.42 Å². The van der Waals surface area contributed by atoms with Crippen molar-refractivity contribution in [3.8, 4) is 0 Å². The highest BCUT2D eigenvalue weighted by Crippen LogP contribution is 2.30. The average Bonchev–Trinajstić information content (AvgIpc) is 2.40. The quantitative estimate of drug-likeness (QED) is 0.731. The summed E-state index contributed by atoms with van der Waals surface area (Å²) in [5, 5.41) is 1.23. The first-order valence-electron chi connectivity index (χ1n) is 4.40. The van der Waals surface area contributed by atoms with Gasteiger partial charge in [-0.05, 0) is 41.4 Å². The summed E-state index contributed by atoms with van der Waals surface area (Å²) < 4.78 is 6.43. The molecule has 68 valence electrons. The number of rotatable bonds is 1. The maximum absolute atomic E-state index is 5.56. The van der Waals surface area contributed by atoms with Gasteiger partial charge in [-0.2, -0.15) is 0 Å². The Kier molecular flexibility index (Phi) is 2.16. The lowest BCUT2D eigenvalue weighted by molar-refractivity contribution is 0.581. The van der Waals surface area contributed by atoms with Gasteiger partial charge in [0, 0.05) is 10.9 Å². The van der Waals surface area contributed by atoms with Crippen LogP contribution in [-0.4, -0.2) is 0 Å². The van der Waals surface area contributed by atoms with Crippen molar-refractivity contribution in [2.45, 2.75) is 20.3 Å². The predicted molar refractivity (Wildman–Crippen MR) is 58.0 cm³/mol. The molecule has 2 aromatic rings. The number of fused-ring (bicyclic) bond motifs is 1. The van der Waals surface area contributed by atoms with E-state index in [-0.39, 0.29) is 0 Å². The summed E-state index contributed by atoms with van der Waals surface area (Å²) in [6.45, 7) is 4.23. The van der Waals surface area contributed by atoms with E-state index in [0.29, 0.717) is 0 Å². The topological polar surface area (TPSA) is 13.1 Å². The Balaban J connectivity index is 2.80. The Bertz CT molecular complexity index is 443. The van der Waals surface area contributed by atoms with Gasteiger partial charge in [0.05, 0.1) is 0 Å². The van der Waals surface area contributed by atoms with E-state index in [1.165, 1.54) is 16.5 Å². The smallest absolute Gasteiger partial charge is 0.173 e. The van der Waals surface area contributed by atoms with Crippen LogP contribution >= 0.6 is 15.9 Å². The Labute approximate surface area is 85.9 Å². The van der Waals surface area contributed by atoms with E-state index in [1.54, 1.807) is 0 Å². The number of hydrogen-bond donors (Lipinski definition) is 0. The summed E-state index contributed by atoms with van der Waals surface area (Å²) >= 11 is 3.43. The lowest BCUT2D eigenvalue weighted by Crippen LogP contribution is -1.78.